The van der Waals surface area contributed by atoms with Crippen LogP contribution in [0.1, 0.15) is 12.2 Å². The number of aryl methyl sites for hydroxylation is 2. The van der Waals surface area contributed by atoms with E-state index in [1.165, 1.54) is 11.6 Å². The van der Waals surface area contributed by atoms with Crippen molar-refractivity contribution in [2.24, 2.45) is 12.8 Å². The molecule has 0 bridgehead atoms. The first-order chi connectivity index (χ1) is 10.0. The summed E-state index contributed by atoms with van der Waals surface area (Å²) in [6, 6.07) is 0. The Kier molecular flexibility index (Phi) is 4.59. The second-order valence-corrected chi connectivity index (χ2v) is 4.92. The molecule has 0 fully saturated rings. The van der Waals surface area contributed by atoms with Gasteiger partial charge in [0.15, 0.2) is 11.2 Å². The van der Waals surface area contributed by atoms with Crippen molar-refractivity contribution >= 4 is 11.2 Å². The number of rotatable bonds is 6. The average Bonchev–Trinajstić information content (AvgIpc) is 2.78. The largest absolute Gasteiger partial charge is 0.385 e. The van der Waals surface area contributed by atoms with Crippen molar-refractivity contribution in [2.75, 3.05) is 20.3 Å². The first kappa shape index (κ1) is 15.5. The van der Waals surface area contributed by atoms with Crippen LogP contribution in [0.15, 0.2) is 9.59 Å². The molecule has 0 atom stereocenters. The van der Waals surface area contributed by atoms with E-state index in [-0.39, 0.29) is 11.2 Å². The third kappa shape index (κ3) is 2.64. The number of ether oxygens (including phenoxy) is 1. The molecule has 0 aliphatic rings. The molecule has 0 aromatic carbocycles. The fourth-order valence-corrected chi connectivity index (χ4v) is 2.44. The zero-order valence-corrected chi connectivity index (χ0v) is 12.6. The van der Waals surface area contributed by atoms with Gasteiger partial charge >= 0.3 is 5.69 Å². The zero-order chi connectivity index (χ0) is 15.6. The van der Waals surface area contributed by atoms with E-state index < -0.39 is 0 Å². The number of methoxy groups -OCH3 is 1. The van der Waals surface area contributed by atoms with Crippen LogP contribution in [0, 0.1) is 6.92 Å². The zero-order valence-electron chi connectivity index (χ0n) is 12.6. The van der Waals surface area contributed by atoms with Gasteiger partial charge in [0.05, 0.1) is 0 Å². The molecule has 0 unspecified atom stereocenters. The summed E-state index contributed by atoms with van der Waals surface area (Å²) in [4.78, 5) is 29.0. The molecule has 0 aliphatic heterocycles. The van der Waals surface area contributed by atoms with Crippen LogP contribution in [-0.2, 0) is 24.9 Å². The van der Waals surface area contributed by atoms with Gasteiger partial charge in [0.25, 0.3) is 5.56 Å². The molecule has 116 valence electrons. The topological polar surface area (TPSA) is 97.1 Å². The highest BCUT2D eigenvalue weighted by atomic mass is 16.5. The maximum absolute atomic E-state index is 12.4. The minimum absolute atomic E-state index is 0.341. The molecule has 0 saturated carbocycles. The Labute approximate surface area is 121 Å². The Morgan fingerprint density at radius 3 is 2.57 bits per heavy atom. The van der Waals surface area contributed by atoms with Crippen LogP contribution >= 0.6 is 0 Å². The van der Waals surface area contributed by atoms with Gasteiger partial charge in [0.1, 0.15) is 5.82 Å². The van der Waals surface area contributed by atoms with E-state index in [1.807, 2.05) is 0 Å². The minimum atomic E-state index is -0.360. The lowest BCUT2D eigenvalue weighted by Crippen LogP contribution is -2.39. The SMILES string of the molecule is COCCCn1c(=O)n(C)c(=O)c2c1nc(C)n2CCN. The first-order valence-corrected chi connectivity index (χ1v) is 6.88. The number of fused-ring (bicyclic) bond motifs is 1. The van der Waals surface area contributed by atoms with Crippen LogP contribution < -0.4 is 17.0 Å². The maximum atomic E-state index is 12.4. The van der Waals surface area contributed by atoms with Crippen LogP contribution in [0.4, 0.5) is 0 Å². The number of imidazole rings is 1. The van der Waals surface area contributed by atoms with Gasteiger partial charge in [0.2, 0.25) is 0 Å². The standard InChI is InChI=1S/C13H21N5O3/c1-9-15-11-10(17(9)7-5-14)12(19)16(2)13(20)18(11)6-4-8-21-3/h4-8,14H2,1-3H3. The summed E-state index contributed by atoms with van der Waals surface area (Å²) in [5.41, 5.74) is 5.74. The summed E-state index contributed by atoms with van der Waals surface area (Å²) >= 11 is 0. The van der Waals surface area contributed by atoms with Crippen LogP contribution in [0.2, 0.25) is 0 Å². The van der Waals surface area contributed by atoms with E-state index in [1.54, 1.807) is 18.6 Å². The average molecular weight is 295 g/mol. The van der Waals surface area contributed by atoms with E-state index >= 15 is 0 Å². The Bertz CT molecular complexity index is 756. The van der Waals surface area contributed by atoms with Crippen molar-refractivity contribution < 1.29 is 4.74 Å². The van der Waals surface area contributed by atoms with Gasteiger partial charge in [-0.15, -0.1) is 0 Å². The van der Waals surface area contributed by atoms with Crippen LogP contribution in [-0.4, -0.2) is 38.9 Å². The van der Waals surface area contributed by atoms with Crippen molar-refractivity contribution in [1.82, 2.24) is 18.7 Å². The Balaban J connectivity index is 2.71. The van der Waals surface area contributed by atoms with Crippen molar-refractivity contribution in [3.05, 3.63) is 26.7 Å². The number of hydrogen-bond acceptors (Lipinski definition) is 5. The van der Waals surface area contributed by atoms with Gasteiger partial charge in [-0.25, -0.2) is 9.78 Å². The number of nitrogens with two attached hydrogens (primary N) is 1. The molecule has 2 N–H and O–H groups in total. The van der Waals surface area contributed by atoms with Gasteiger partial charge in [-0.2, -0.15) is 0 Å². The smallest absolute Gasteiger partial charge is 0.332 e. The maximum Gasteiger partial charge on any atom is 0.332 e. The van der Waals surface area contributed by atoms with E-state index in [9.17, 15) is 9.59 Å². The van der Waals surface area contributed by atoms with Crippen molar-refractivity contribution in [1.29, 1.82) is 0 Å². The molecule has 8 nitrogen and oxygen atoms in total. The number of nitrogens with zero attached hydrogens (tertiary/aromatic N) is 4. The van der Waals surface area contributed by atoms with Gasteiger partial charge < -0.3 is 15.0 Å². The second-order valence-electron chi connectivity index (χ2n) is 4.92. The summed E-state index contributed by atoms with van der Waals surface area (Å²) < 4.78 is 9.42. The fourth-order valence-electron chi connectivity index (χ4n) is 2.44. The predicted molar refractivity (Wildman–Crippen MR) is 79.5 cm³/mol. The molecule has 0 saturated heterocycles. The number of hydrogen-bond donors (Lipinski definition) is 1. The lowest BCUT2D eigenvalue weighted by atomic mass is 10.4. The highest BCUT2D eigenvalue weighted by Crippen LogP contribution is 2.11. The molecule has 8 heteroatoms. The van der Waals surface area contributed by atoms with Crippen molar-refractivity contribution in [3.63, 3.8) is 0 Å². The highest BCUT2D eigenvalue weighted by molar-refractivity contribution is 5.71. The van der Waals surface area contributed by atoms with E-state index in [4.69, 9.17) is 10.5 Å². The van der Waals surface area contributed by atoms with Gasteiger partial charge in [0, 0.05) is 40.4 Å². The molecule has 0 amide bonds. The van der Waals surface area contributed by atoms with Crippen molar-refractivity contribution in [2.45, 2.75) is 26.4 Å². The van der Waals surface area contributed by atoms with Crippen LogP contribution in [0.25, 0.3) is 11.2 Å². The summed E-state index contributed by atoms with van der Waals surface area (Å²) in [5.74, 6) is 0.679. The van der Waals surface area contributed by atoms with Gasteiger partial charge in [-0.1, -0.05) is 0 Å². The Morgan fingerprint density at radius 2 is 1.95 bits per heavy atom. The quantitative estimate of drug-likeness (QED) is 0.704. The molecule has 0 aliphatic carbocycles. The lowest BCUT2D eigenvalue weighted by molar-refractivity contribution is 0.190. The molecule has 2 rings (SSSR count). The normalized spacial score (nSPS) is 11.4. The van der Waals surface area contributed by atoms with Crippen LogP contribution in [0.3, 0.4) is 0 Å². The third-order valence-electron chi connectivity index (χ3n) is 3.50. The van der Waals surface area contributed by atoms with E-state index in [0.29, 0.717) is 49.7 Å². The van der Waals surface area contributed by atoms with Gasteiger partial charge in [-0.3, -0.25) is 13.9 Å². The number of aromatic nitrogens is 4. The molecule has 0 radical (unpaired) electrons. The van der Waals surface area contributed by atoms with Gasteiger partial charge in [-0.05, 0) is 13.3 Å². The molecular weight excluding hydrogens is 274 g/mol. The molecule has 0 spiro atoms. The van der Waals surface area contributed by atoms with E-state index in [2.05, 4.69) is 4.98 Å². The Morgan fingerprint density at radius 1 is 1.24 bits per heavy atom. The summed E-state index contributed by atoms with van der Waals surface area (Å²) in [6.45, 7) is 3.70. The Hall–Kier alpha value is -1.93. The highest BCUT2D eigenvalue weighted by Gasteiger charge is 2.18. The monoisotopic (exact) mass is 295 g/mol. The molecule has 2 heterocycles. The van der Waals surface area contributed by atoms with Crippen LogP contribution in [0.5, 0.6) is 0 Å². The second kappa shape index (κ2) is 6.23. The summed E-state index contributed by atoms with van der Waals surface area (Å²) in [6.07, 6.45) is 0.673. The summed E-state index contributed by atoms with van der Waals surface area (Å²) in [7, 11) is 3.09. The molecule has 21 heavy (non-hydrogen) atoms. The molecular formula is C13H21N5O3. The first-order valence-electron chi connectivity index (χ1n) is 6.88. The van der Waals surface area contributed by atoms with E-state index in [0.717, 1.165) is 4.57 Å². The minimum Gasteiger partial charge on any atom is -0.385 e. The van der Waals surface area contributed by atoms with Crippen molar-refractivity contribution in [3.8, 4) is 0 Å². The summed E-state index contributed by atoms with van der Waals surface area (Å²) in [5, 5.41) is 0. The third-order valence-corrected chi connectivity index (χ3v) is 3.50. The lowest BCUT2D eigenvalue weighted by Gasteiger charge is -2.09. The molecule has 2 aromatic heterocycles. The molecule has 2 aromatic rings. The fraction of sp³-hybridized carbons (Fsp3) is 0.615. The predicted octanol–water partition coefficient (Wildman–Crippen LogP) is -0.800.